The van der Waals surface area contributed by atoms with Crippen LogP contribution in [0.25, 0.3) is 21.6 Å². The predicted octanol–water partition coefficient (Wildman–Crippen LogP) is 4.74. The minimum Gasteiger partial charge on any atom is -0.493 e. The number of morpholine rings is 1. The van der Waals surface area contributed by atoms with E-state index in [0.717, 1.165) is 16.0 Å². The van der Waals surface area contributed by atoms with Gasteiger partial charge < -0.3 is 35.8 Å². The summed E-state index contributed by atoms with van der Waals surface area (Å²) in [6, 6.07) is 11.8. The van der Waals surface area contributed by atoms with Gasteiger partial charge >= 0.3 is 5.97 Å². The molecule has 254 valence electrons. The van der Waals surface area contributed by atoms with Crippen molar-refractivity contribution in [3.63, 3.8) is 0 Å². The molecule has 2 aromatic heterocycles. The van der Waals surface area contributed by atoms with Gasteiger partial charge in [0.1, 0.15) is 11.4 Å². The number of anilines is 1. The van der Waals surface area contributed by atoms with Gasteiger partial charge in [-0.1, -0.05) is 13.0 Å². The first-order valence-electron chi connectivity index (χ1n) is 16.1. The van der Waals surface area contributed by atoms with Crippen molar-refractivity contribution in [1.29, 1.82) is 0 Å². The summed E-state index contributed by atoms with van der Waals surface area (Å²) in [4.78, 5) is 60.5. The third-order valence-corrected chi connectivity index (χ3v) is 9.53. The topological polar surface area (TPSA) is 173 Å². The number of nitrogens with two attached hydrogens (primary N) is 1. The fourth-order valence-corrected chi connectivity index (χ4v) is 7.03. The van der Waals surface area contributed by atoms with E-state index in [1.165, 1.54) is 23.5 Å². The molecular formula is C36H37N5O7S. The maximum absolute atomic E-state index is 14.5. The van der Waals surface area contributed by atoms with Crippen molar-refractivity contribution in [3.8, 4) is 27.3 Å². The standard InChI is InChI=1S/C36H37N5O7S/c1-3-8-38-34(43)28-5-4-23(31(39-28)36(45)46)24-18-29-26(32-22(6-11-48-29)7-14-49-32)17-25(24)33(42)40-30-20(2)15-21(19-37)16-27(30)35(44)41-9-12-47-13-10-41/h4-5,7,14-18H,3,6,8-13,19,37H2,1-2H3,(H,38,43)(H,40,42)(H,45,46). The molecule has 0 atom stereocenters. The van der Waals surface area contributed by atoms with Crippen LogP contribution in [0.2, 0.25) is 0 Å². The lowest BCUT2D eigenvalue weighted by Gasteiger charge is -2.28. The minimum absolute atomic E-state index is 0.0586. The number of carbonyl (C=O) groups is 4. The van der Waals surface area contributed by atoms with Gasteiger partial charge in [0, 0.05) is 59.7 Å². The number of carboxylic acids is 1. The molecule has 1 fully saturated rings. The molecule has 0 spiro atoms. The zero-order valence-electron chi connectivity index (χ0n) is 27.3. The first-order valence-corrected chi connectivity index (χ1v) is 17.0. The number of pyridine rings is 1. The highest BCUT2D eigenvalue weighted by molar-refractivity contribution is 7.13. The largest absolute Gasteiger partial charge is 0.493 e. The van der Waals surface area contributed by atoms with Crippen LogP contribution in [0.4, 0.5) is 5.69 Å². The first kappa shape index (κ1) is 33.8. The maximum Gasteiger partial charge on any atom is 0.355 e. The lowest BCUT2D eigenvalue weighted by molar-refractivity contribution is 0.0303. The predicted molar refractivity (Wildman–Crippen MR) is 186 cm³/mol. The molecule has 4 heterocycles. The molecule has 0 unspecified atom stereocenters. The van der Waals surface area contributed by atoms with Crippen LogP contribution in [0, 0.1) is 6.92 Å². The smallest absolute Gasteiger partial charge is 0.355 e. The number of aromatic carboxylic acids is 1. The molecule has 3 amide bonds. The Balaban J connectivity index is 1.50. The van der Waals surface area contributed by atoms with E-state index in [0.29, 0.717) is 80.4 Å². The fraction of sp³-hybridized carbons (Fsp3) is 0.306. The number of nitrogens with one attached hydrogen (secondary N) is 2. The quantitative estimate of drug-likeness (QED) is 0.194. The van der Waals surface area contributed by atoms with Gasteiger partial charge in [0.05, 0.1) is 31.1 Å². The fourth-order valence-electron chi connectivity index (χ4n) is 6.05. The molecule has 6 rings (SSSR count). The molecule has 0 saturated carbocycles. The summed E-state index contributed by atoms with van der Waals surface area (Å²) in [5.41, 5.74) is 9.81. The molecule has 12 nitrogen and oxygen atoms in total. The highest BCUT2D eigenvalue weighted by Crippen LogP contribution is 2.43. The van der Waals surface area contributed by atoms with Crippen molar-refractivity contribution in [2.75, 3.05) is 44.8 Å². The molecule has 2 aliphatic rings. The molecule has 2 aromatic carbocycles. The van der Waals surface area contributed by atoms with E-state index >= 15 is 0 Å². The van der Waals surface area contributed by atoms with Crippen molar-refractivity contribution < 1.29 is 33.8 Å². The molecule has 49 heavy (non-hydrogen) atoms. The average molecular weight is 684 g/mol. The number of hydrogen-bond donors (Lipinski definition) is 4. The highest BCUT2D eigenvalue weighted by atomic mass is 32.1. The van der Waals surface area contributed by atoms with Gasteiger partial charge in [-0.05, 0) is 71.8 Å². The number of fused-ring (bicyclic) bond motifs is 3. The second-order valence-corrected chi connectivity index (χ2v) is 12.7. The van der Waals surface area contributed by atoms with Crippen LogP contribution < -0.4 is 21.1 Å². The molecule has 0 aliphatic carbocycles. The monoisotopic (exact) mass is 683 g/mol. The van der Waals surface area contributed by atoms with Crippen LogP contribution in [-0.4, -0.2) is 78.1 Å². The molecular weight excluding hydrogens is 646 g/mol. The number of carbonyl (C=O) groups excluding carboxylic acids is 3. The third-order valence-electron chi connectivity index (χ3n) is 8.54. The first-order chi connectivity index (χ1) is 23.7. The summed E-state index contributed by atoms with van der Waals surface area (Å²) >= 11 is 1.52. The molecule has 5 N–H and O–H groups in total. The molecule has 13 heteroatoms. The number of rotatable bonds is 9. The Labute approximate surface area is 287 Å². The van der Waals surface area contributed by atoms with Gasteiger partial charge in [0.25, 0.3) is 17.7 Å². The molecule has 2 aliphatic heterocycles. The second kappa shape index (κ2) is 14.6. The zero-order valence-corrected chi connectivity index (χ0v) is 28.1. The average Bonchev–Trinajstić information content (AvgIpc) is 3.52. The van der Waals surface area contributed by atoms with Crippen LogP contribution >= 0.6 is 11.3 Å². The van der Waals surface area contributed by atoms with Crippen LogP contribution in [0.1, 0.15) is 71.7 Å². The van der Waals surface area contributed by atoms with Crippen molar-refractivity contribution in [3.05, 3.63) is 87.0 Å². The van der Waals surface area contributed by atoms with Gasteiger partial charge in [-0.25, -0.2) is 9.78 Å². The van der Waals surface area contributed by atoms with Gasteiger partial charge in [0.15, 0.2) is 5.69 Å². The van der Waals surface area contributed by atoms with Gasteiger partial charge in [-0.2, -0.15) is 0 Å². The Morgan fingerprint density at radius 1 is 0.980 bits per heavy atom. The summed E-state index contributed by atoms with van der Waals surface area (Å²) in [5, 5.41) is 18.0. The van der Waals surface area contributed by atoms with Gasteiger partial charge in [-0.3, -0.25) is 14.4 Å². The normalized spacial score (nSPS) is 13.8. The lowest BCUT2D eigenvalue weighted by Crippen LogP contribution is -2.41. The van der Waals surface area contributed by atoms with Crippen LogP contribution in [0.15, 0.2) is 47.8 Å². The Bertz CT molecular complexity index is 1950. The minimum atomic E-state index is -1.37. The molecule has 0 radical (unpaired) electrons. The van der Waals surface area contributed by atoms with Gasteiger partial charge in [-0.15, -0.1) is 11.3 Å². The zero-order chi connectivity index (χ0) is 34.7. The molecule has 0 bridgehead atoms. The van der Waals surface area contributed by atoms with E-state index in [9.17, 15) is 24.3 Å². The number of ether oxygens (including phenoxy) is 2. The Morgan fingerprint density at radius 3 is 2.51 bits per heavy atom. The number of hydrogen-bond acceptors (Lipinski definition) is 9. The van der Waals surface area contributed by atoms with Crippen LogP contribution in [-0.2, 0) is 17.7 Å². The number of nitrogens with zero attached hydrogens (tertiary/aromatic N) is 2. The van der Waals surface area contributed by atoms with Crippen molar-refractivity contribution in [2.24, 2.45) is 5.73 Å². The number of carboxylic acid groups (broad SMARTS) is 1. The lowest BCUT2D eigenvalue weighted by atomic mass is 9.93. The number of amides is 3. The number of benzene rings is 2. The summed E-state index contributed by atoms with van der Waals surface area (Å²) in [5.74, 6) is -2.21. The summed E-state index contributed by atoms with van der Waals surface area (Å²) in [6.45, 7) is 6.34. The summed E-state index contributed by atoms with van der Waals surface area (Å²) in [6.07, 6.45) is 1.36. The summed E-state index contributed by atoms with van der Waals surface area (Å²) in [7, 11) is 0. The van der Waals surface area contributed by atoms with E-state index in [-0.39, 0.29) is 34.8 Å². The Hall–Kier alpha value is -5.11. The number of aryl methyl sites for hydroxylation is 1. The van der Waals surface area contributed by atoms with Crippen molar-refractivity contribution >= 4 is 40.7 Å². The van der Waals surface area contributed by atoms with Crippen molar-refractivity contribution in [1.82, 2.24) is 15.2 Å². The number of thiophene rings is 1. The van der Waals surface area contributed by atoms with E-state index in [1.807, 2.05) is 24.4 Å². The Morgan fingerprint density at radius 2 is 1.78 bits per heavy atom. The van der Waals surface area contributed by atoms with Crippen LogP contribution in [0.3, 0.4) is 0 Å². The van der Waals surface area contributed by atoms with E-state index < -0.39 is 23.5 Å². The maximum atomic E-state index is 14.5. The number of aromatic nitrogens is 1. The summed E-state index contributed by atoms with van der Waals surface area (Å²) < 4.78 is 11.6. The van der Waals surface area contributed by atoms with E-state index in [2.05, 4.69) is 15.6 Å². The molecule has 4 aromatic rings. The van der Waals surface area contributed by atoms with E-state index in [1.54, 1.807) is 30.0 Å². The van der Waals surface area contributed by atoms with Crippen molar-refractivity contribution in [2.45, 2.75) is 33.2 Å². The van der Waals surface area contributed by atoms with E-state index in [4.69, 9.17) is 15.2 Å². The highest BCUT2D eigenvalue weighted by Gasteiger charge is 2.29. The second-order valence-electron chi connectivity index (χ2n) is 11.8. The SMILES string of the molecule is CCCNC(=O)c1ccc(-c2cc3c(cc2C(=O)Nc2c(C)cc(CN)cc2C(=O)N2CCOCC2)-c2sccc2CCO3)c(C(=O)O)n1. The van der Waals surface area contributed by atoms with Crippen LogP contribution in [0.5, 0.6) is 5.75 Å². The molecule has 1 saturated heterocycles. The van der Waals surface area contributed by atoms with Gasteiger partial charge in [0.2, 0.25) is 0 Å². The Kier molecular flexibility index (Phi) is 10.0. The third kappa shape index (κ3) is 6.91.